The van der Waals surface area contributed by atoms with Crippen molar-refractivity contribution in [2.24, 2.45) is 0 Å². The number of fused-ring (bicyclic) bond motifs is 2. The molecule has 4 rings (SSSR count). The number of imidazole rings is 1. The minimum absolute atomic E-state index is 0.868. The summed E-state index contributed by atoms with van der Waals surface area (Å²) in [5.74, 6) is 0.868. The third-order valence-corrected chi connectivity index (χ3v) is 4.56. The molecule has 1 N–H and O–H groups in total. The van der Waals surface area contributed by atoms with Gasteiger partial charge in [-0.2, -0.15) is 8.75 Å². The van der Waals surface area contributed by atoms with Crippen molar-refractivity contribution in [2.45, 2.75) is 10.9 Å². The predicted octanol–water partition coefficient (Wildman–Crippen LogP) is 3.86. The van der Waals surface area contributed by atoms with Crippen molar-refractivity contribution in [1.82, 2.24) is 18.7 Å². The topological polar surface area (TPSA) is 54.5 Å². The van der Waals surface area contributed by atoms with Crippen LogP contribution in [0.3, 0.4) is 0 Å². The van der Waals surface area contributed by atoms with E-state index in [1.54, 1.807) is 11.8 Å². The highest BCUT2D eigenvalue weighted by Crippen LogP contribution is 2.24. The number of thioether (sulfide) groups is 1. The van der Waals surface area contributed by atoms with E-state index in [0.717, 1.165) is 33.0 Å². The minimum Gasteiger partial charge on any atom is -0.333 e. The summed E-state index contributed by atoms with van der Waals surface area (Å²) in [5, 5.41) is 0.947. The standard InChI is InChI=1S/C14H10N4S2/c1-2-4-11-10(3-1)15-14(16-11)19-8-9-5-6-12-13(7-9)18-20-17-12/h1-7H,8H2,(H,15,16). The number of aromatic amines is 1. The fourth-order valence-corrected chi connectivity index (χ4v) is 3.41. The monoisotopic (exact) mass is 298 g/mol. The Bertz CT molecular complexity index is 846. The van der Waals surface area contributed by atoms with Crippen molar-refractivity contribution < 1.29 is 0 Å². The quantitative estimate of drug-likeness (QED) is 0.584. The first-order chi connectivity index (χ1) is 9.88. The molecule has 98 valence electrons. The highest BCUT2D eigenvalue weighted by atomic mass is 32.2. The number of H-pyrrole nitrogens is 1. The highest BCUT2D eigenvalue weighted by molar-refractivity contribution is 7.98. The van der Waals surface area contributed by atoms with Crippen molar-refractivity contribution in [3.05, 3.63) is 48.0 Å². The van der Waals surface area contributed by atoms with Crippen LogP contribution in [0.25, 0.3) is 22.1 Å². The summed E-state index contributed by atoms with van der Waals surface area (Å²) in [6.45, 7) is 0. The van der Waals surface area contributed by atoms with Gasteiger partial charge in [-0.1, -0.05) is 30.0 Å². The van der Waals surface area contributed by atoms with Crippen LogP contribution in [0, 0.1) is 0 Å². The van der Waals surface area contributed by atoms with Gasteiger partial charge in [0.2, 0.25) is 0 Å². The van der Waals surface area contributed by atoms with Crippen molar-refractivity contribution in [1.29, 1.82) is 0 Å². The SMILES string of the molecule is c1ccc2[nH]c(SCc3ccc4nsnc4c3)nc2c1. The van der Waals surface area contributed by atoms with E-state index in [1.807, 2.05) is 30.3 Å². The van der Waals surface area contributed by atoms with Crippen LogP contribution in [0.1, 0.15) is 5.56 Å². The summed E-state index contributed by atoms with van der Waals surface area (Å²) < 4.78 is 8.48. The molecule has 0 fully saturated rings. The van der Waals surface area contributed by atoms with Gasteiger partial charge in [0.25, 0.3) is 0 Å². The van der Waals surface area contributed by atoms with Crippen LogP contribution >= 0.6 is 23.5 Å². The fraction of sp³-hybridized carbons (Fsp3) is 0.0714. The second kappa shape index (κ2) is 4.88. The molecule has 0 spiro atoms. The number of benzene rings is 2. The zero-order chi connectivity index (χ0) is 13.4. The van der Waals surface area contributed by atoms with Gasteiger partial charge in [-0.25, -0.2) is 4.98 Å². The van der Waals surface area contributed by atoms with E-state index >= 15 is 0 Å². The molecule has 0 aliphatic rings. The van der Waals surface area contributed by atoms with E-state index in [4.69, 9.17) is 0 Å². The number of para-hydroxylation sites is 2. The smallest absolute Gasteiger partial charge is 0.166 e. The summed E-state index contributed by atoms with van der Waals surface area (Å²) in [4.78, 5) is 7.89. The van der Waals surface area contributed by atoms with Gasteiger partial charge in [-0.15, -0.1) is 0 Å². The van der Waals surface area contributed by atoms with Crippen LogP contribution in [0.5, 0.6) is 0 Å². The van der Waals surface area contributed by atoms with Gasteiger partial charge in [0, 0.05) is 5.75 Å². The van der Waals surface area contributed by atoms with E-state index in [-0.39, 0.29) is 0 Å². The molecule has 0 saturated heterocycles. The van der Waals surface area contributed by atoms with Crippen LogP contribution in [-0.4, -0.2) is 18.7 Å². The van der Waals surface area contributed by atoms with Crippen molar-refractivity contribution >= 4 is 45.6 Å². The van der Waals surface area contributed by atoms with Crippen LogP contribution in [0.15, 0.2) is 47.6 Å². The summed E-state index contributed by atoms with van der Waals surface area (Å²) in [5.41, 5.74) is 5.25. The average Bonchev–Trinajstić information content (AvgIpc) is 3.10. The Labute approximate surface area is 123 Å². The molecule has 6 heteroatoms. The van der Waals surface area contributed by atoms with Crippen molar-refractivity contribution in [3.8, 4) is 0 Å². The molecule has 20 heavy (non-hydrogen) atoms. The highest BCUT2D eigenvalue weighted by Gasteiger charge is 2.05. The average molecular weight is 298 g/mol. The Morgan fingerprint density at radius 1 is 1.00 bits per heavy atom. The first kappa shape index (κ1) is 11.9. The maximum atomic E-state index is 4.56. The molecule has 0 bridgehead atoms. The van der Waals surface area contributed by atoms with Gasteiger partial charge in [-0.05, 0) is 29.8 Å². The van der Waals surface area contributed by atoms with E-state index in [2.05, 4.69) is 30.8 Å². The predicted molar refractivity (Wildman–Crippen MR) is 83.1 cm³/mol. The lowest BCUT2D eigenvalue weighted by atomic mass is 10.2. The Morgan fingerprint density at radius 3 is 2.85 bits per heavy atom. The fourth-order valence-electron chi connectivity index (χ4n) is 2.07. The van der Waals surface area contributed by atoms with E-state index < -0.39 is 0 Å². The summed E-state index contributed by atoms with van der Waals surface area (Å²) in [7, 11) is 0. The molecule has 0 unspecified atom stereocenters. The Morgan fingerprint density at radius 2 is 1.90 bits per heavy atom. The molecule has 2 aromatic carbocycles. The Hall–Kier alpha value is -1.92. The number of hydrogen-bond acceptors (Lipinski definition) is 5. The molecule has 4 aromatic rings. The molecular formula is C14H10N4S2. The van der Waals surface area contributed by atoms with Gasteiger partial charge in [0.1, 0.15) is 11.0 Å². The van der Waals surface area contributed by atoms with Gasteiger partial charge in [-0.3, -0.25) is 0 Å². The molecule has 2 heterocycles. The van der Waals surface area contributed by atoms with Gasteiger partial charge in [0.15, 0.2) is 5.16 Å². The van der Waals surface area contributed by atoms with E-state index in [9.17, 15) is 0 Å². The molecule has 2 aromatic heterocycles. The van der Waals surface area contributed by atoms with Gasteiger partial charge < -0.3 is 4.98 Å². The number of hydrogen-bond donors (Lipinski definition) is 1. The lowest BCUT2D eigenvalue weighted by Crippen LogP contribution is -1.82. The zero-order valence-electron chi connectivity index (χ0n) is 10.4. The Balaban J connectivity index is 1.56. The lowest BCUT2D eigenvalue weighted by molar-refractivity contribution is 1.08. The second-order valence-corrected chi connectivity index (χ2v) is 5.93. The van der Waals surface area contributed by atoms with Gasteiger partial charge in [0.05, 0.1) is 22.8 Å². The van der Waals surface area contributed by atoms with Crippen LogP contribution in [-0.2, 0) is 5.75 Å². The first-order valence-electron chi connectivity index (χ1n) is 6.17. The number of aromatic nitrogens is 4. The zero-order valence-corrected chi connectivity index (χ0v) is 12.0. The molecule has 0 aliphatic carbocycles. The summed E-state index contributed by atoms with van der Waals surface area (Å²) >= 11 is 2.95. The molecule has 4 nitrogen and oxygen atoms in total. The van der Waals surface area contributed by atoms with E-state index in [1.165, 1.54) is 17.3 Å². The Kier molecular flexibility index (Phi) is 2.90. The first-order valence-corrected chi connectivity index (χ1v) is 7.89. The molecule has 0 atom stereocenters. The molecule has 0 saturated carbocycles. The van der Waals surface area contributed by atoms with E-state index in [0.29, 0.717) is 0 Å². The van der Waals surface area contributed by atoms with Crippen LogP contribution in [0.2, 0.25) is 0 Å². The van der Waals surface area contributed by atoms with Crippen molar-refractivity contribution in [2.75, 3.05) is 0 Å². The summed E-state index contributed by atoms with van der Waals surface area (Å²) in [6, 6.07) is 14.3. The number of nitrogens with zero attached hydrogens (tertiary/aromatic N) is 3. The van der Waals surface area contributed by atoms with Crippen LogP contribution < -0.4 is 0 Å². The lowest BCUT2D eigenvalue weighted by Gasteiger charge is -1.98. The third-order valence-electron chi connectivity index (χ3n) is 3.06. The molecule has 0 radical (unpaired) electrons. The maximum Gasteiger partial charge on any atom is 0.166 e. The molecular weight excluding hydrogens is 288 g/mol. The summed E-state index contributed by atoms with van der Waals surface area (Å²) in [6.07, 6.45) is 0. The third kappa shape index (κ3) is 2.17. The molecule has 0 amide bonds. The maximum absolute atomic E-state index is 4.56. The number of rotatable bonds is 3. The van der Waals surface area contributed by atoms with Crippen LogP contribution in [0.4, 0.5) is 0 Å². The van der Waals surface area contributed by atoms with Crippen molar-refractivity contribution in [3.63, 3.8) is 0 Å². The normalized spacial score (nSPS) is 11.4. The second-order valence-electron chi connectivity index (χ2n) is 4.44. The largest absolute Gasteiger partial charge is 0.333 e. The minimum atomic E-state index is 0.868. The number of nitrogens with one attached hydrogen (secondary N) is 1. The molecule has 0 aliphatic heterocycles. The van der Waals surface area contributed by atoms with Gasteiger partial charge >= 0.3 is 0 Å².